The molecule has 0 saturated heterocycles. The number of carbonyl (C=O) groups excluding carboxylic acids is 2. The lowest BCUT2D eigenvalue weighted by Crippen LogP contribution is -2.53. The van der Waals surface area contributed by atoms with Crippen molar-refractivity contribution in [3.8, 4) is 11.1 Å². The Kier molecular flexibility index (Phi) is 7.24. The van der Waals surface area contributed by atoms with Gasteiger partial charge in [-0.1, -0.05) is 55.0 Å². The molecule has 2 aliphatic rings. The van der Waals surface area contributed by atoms with Crippen LogP contribution in [0.4, 0.5) is 4.79 Å². The molecule has 8 heteroatoms. The molecule has 4 rings (SSSR count). The largest absolute Gasteiger partial charge is 0.480 e. The molecule has 0 spiro atoms. The zero-order chi connectivity index (χ0) is 23.2. The predicted octanol–water partition coefficient (Wildman–Crippen LogP) is 2.91. The van der Waals surface area contributed by atoms with E-state index in [2.05, 4.69) is 34.9 Å². The molecule has 0 aliphatic heterocycles. The lowest BCUT2D eigenvalue weighted by atomic mass is 9.79. The summed E-state index contributed by atoms with van der Waals surface area (Å²) in [6.07, 6.45) is 2.11. The van der Waals surface area contributed by atoms with Crippen molar-refractivity contribution in [2.75, 3.05) is 26.4 Å². The molecule has 2 aromatic rings. The molecule has 1 fully saturated rings. The molecule has 1 atom stereocenters. The fourth-order valence-electron chi connectivity index (χ4n) is 4.45. The molecule has 2 aliphatic carbocycles. The van der Waals surface area contributed by atoms with Crippen molar-refractivity contribution >= 4 is 18.0 Å². The Hall–Kier alpha value is -3.39. The highest BCUT2D eigenvalue weighted by atomic mass is 16.5. The summed E-state index contributed by atoms with van der Waals surface area (Å²) in [5, 5.41) is 14.0. The van der Waals surface area contributed by atoms with E-state index >= 15 is 0 Å². The van der Waals surface area contributed by atoms with Gasteiger partial charge in [-0.3, -0.25) is 4.79 Å². The maximum atomic E-state index is 12.6. The maximum absolute atomic E-state index is 12.6. The molecule has 0 aromatic heterocycles. The monoisotopic (exact) mass is 452 g/mol. The molecular formula is C25H28N2O6. The van der Waals surface area contributed by atoms with Crippen LogP contribution in [0.25, 0.3) is 11.1 Å². The van der Waals surface area contributed by atoms with E-state index < -0.39 is 24.7 Å². The second-order valence-electron chi connectivity index (χ2n) is 8.38. The molecule has 0 radical (unpaired) electrons. The third kappa shape index (κ3) is 5.34. The Bertz CT molecular complexity index is 974. The van der Waals surface area contributed by atoms with Gasteiger partial charge in [-0.25, -0.2) is 9.59 Å². The Balaban J connectivity index is 1.33. The maximum Gasteiger partial charge on any atom is 0.407 e. The van der Waals surface area contributed by atoms with Crippen LogP contribution in [0.2, 0.25) is 0 Å². The average molecular weight is 453 g/mol. The van der Waals surface area contributed by atoms with Crippen molar-refractivity contribution in [3.63, 3.8) is 0 Å². The van der Waals surface area contributed by atoms with Gasteiger partial charge in [-0.15, -0.1) is 0 Å². The summed E-state index contributed by atoms with van der Waals surface area (Å²) in [5.41, 5.74) is 4.56. The van der Waals surface area contributed by atoms with E-state index in [9.17, 15) is 14.4 Å². The third-order valence-electron chi connectivity index (χ3n) is 6.29. The minimum absolute atomic E-state index is 0.0505. The van der Waals surface area contributed by atoms with Gasteiger partial charge >= 0.3 is 12.1 Å². The Morgan fingerprint density at radius 2 is 1.64 bits per heavy atom. The topological polar surface area (TPSA) is 114 Å². The van der Waals surface area contributed by atoms with Crippen LogP contribution in [0.5, 0.6) is 0 Å². The van der Waals surface area contributed by atoms with Crippen molar-refractivity contribution in [1.29, 1.82) is 0 Å². The Morgan fingerprint density at radius 3 is 2.21 bits per heavy atom. The number of carboxylic acids is 1. The number of carboxylic acid groups (broad SMARTS) is 1. The molecule has 8 nitrogen and oxygen atoms in total. The number of hydrogen-bond acceptors (Lipinski definition) is 5. The highest BCUT2D eigenvalue weighted by Crippen LogP contribution is 2.44. The van der Waals surface area contributed by atoms with Gasteiger partial charge in [0.05, 0.1) is 6.61 Å². The summed E-state index contributed by atoms with van der Waals surface area (Å²) in [4.78, 5) is 35.8. The molecule has 1 saturated carbocycles. The highest BCUT2D eigenvalue weighted by molar-refractivity contribution is 5.86. The van der Waals surface area contributed by atoms with Crippen molar-refractivity contribution in [2.45, 2.75) is 31.2 Å². The van der Waals surface area contributed by atoms with Crippen LogP contribution in [0.3, 0.4) is 0 Å². The molecule has 3 N–H and O–H groups in total. The minimum Gasteiger partial charge on any atom is -0.480 e. The first-order chi connectivity index (χ1) is 16.0. The summed E-state index contributed by atoms with van der Waals surface area (Å²) in [7, 11) is 0. The number of nitrogens with one attached hydrogen (secondary N) is 2. The number of fused-ring (bicyclic) bond motifs is 3. The third-order valence-corrected chi connectivity index (χ3v) is 6.29. The van der Waals surface area contributed by atoms with E-state index in [4.69, 9.17) is 14.6 Å². The molecular weight excluding hydrogens is 424 g/mol. The van der Waals surface area contributed by atoms with E-state index in [1.807, 2.05) is 24.3 Å². The van der Waals surface area contributed by atoms with Crippen LogP contribution in [0, 0.1) is 5.92 Å². The number of alkyl carbamates (subject to hydrolysis) is 1. The van der Waals surface area contributed by atoms with Crippen LogP contribution in [-0.4, -0.2) is 55.5 Å². The van der Waals surface area contributed by atoms with Gasteiger partial charge in [0.25, 0.3) is 0 Å². The molecule has 2 aromatic carbocycles. The number of benzene rings is 2. The first kappa shape index (κ1) is 22.8. The lowest BCUT2D eigenvalue weighted by Gasteiger charge is -2.33. The SMILES string of the molecule is O=C(O)COCCNC(=O)C(NC(=O)OCC1c2ccccc2-c2ccccc21)C1CCC1. The first-order valence-electron chi connectivity index (χ1n) is 11.2. The molecule has 1 unspecified atom stereocenters. The number of ether oxygens (including phenoxy) is 2. The summed E-state index contributed by atoms with van der Waals surface area (Å²) in [6.45, 7) is 0.0178. The van der Waals surface area contributed by atoms with E-state index in [0.717, 1.165) is 41.5 Å². The summed E-state index contributed by atoms with van der Waals surface area (Å²) in [5.74, 6) is -1.37. The van der Waals surface area contributed by atoms with Crippen LogP contribution in [0.1, 0.15) is 36.3 Å². The smallest absolute Gasteiger partial charge is 0.407 e. The lowest BCUT2D eigenvalue weighted by molar-refractivity contribution is -0.142. The normalized spacial score (nSPS) is 15.6. The summed E-state index contributed by atoms with van der Waals surface area (Å²) in [6, 6.07) is 15.5. The Labute approximate surface area is 192 Å². The molecule has 0 heterocycles. The second kappa shape index (κ2) is 10.5. The van der Waals surface area contributed by atoms with Crippen molar-refractivity contribution < 1.29 is 29.0 Å². The van der Waals surface area contributed by atoms with Gasteiger partial charge in [0, 0.05) is 12.5 Å². The standard InChI is InChI=1S/C25H28N2O6/c28-22(29)15-32-13-12-26-24(30)23(16-6-5-7-16)27-25(31)33-14-21-19-10-3-1-8-17(19)18-9-2-4-11-20(18)21/h1-4,8-11,16,21,23H,5-7,12-15H2,(H,26,30)(H,27,31)(H,28,29). The Morgan fingerprint density at radius 1 is 1.00 bits per heavy atom. The van der Waals surface area contributed by atoms with Crippen molar-refractivity contribution in [2.24, 2.45) is 5.92 Å². The fourth-order valence-corrected chi connectivity index (χ4v) is 4.45. The number of aliphatic carboxylic acids is 1. The second-order valence-corrected chi connectivity index (χ2v) is 8.38. The van der Waals surface area contributed by atoms with Crippen LogP contribution < -0.4 is 10.6 Å². The minimum atomic E-state index is -1.06. The summed E-state index contributed by atoms with van der Waals surface area (Å²) >= 11 is 0. The quantitative estimate of drug-likeness (QED) is 0.478. The van der Waals surface area contributed by atoms with Crippen molar-refractivity contribution in [1.82, 2.24) is 10.6 Å². The number of rotatable bonds is 10. The van der Waals surface area contributed by atoms with Gasteiger partial charge in [0.1, 0.15) is 19.3 Å². The molecule has 33 heavy (non-hydrogen) atoms. The number of hydrogen-bond donors (Lipinski definition) is 3. The molecule has 0 bridgehead atoms. The van der Waals surface area contributed by atoms with E-state index in [1.165, 1.54) is 0 Å². The highest BCUT2D eigenvalue weighted by Gasteiger charge is 2.35. The van der Waals surface area contributed by atoms with Gasteiger partial charge in [-0.2, -0.15) is 0 Å². The van der Waals surface area contributed by atoms with E-state index in [1.54, 1.807) is 0 Å². The fraction of sp³-hybridized carbons (Fsp3) is 0.400. The van der Waals surface area contributed by atoms with Crippen LogP contribution in [-0.2, 0) is 19.1 Å². The van der Waals surface area contributed by atoms with E-state index in [-0.39, 0.29) is 37.5 Å². The summed E-state index contributed by atoms with van der Waals surface area (Å²) < 4.78 is 10.5. The zero-order valence-corrected chi connectivity index (χ0v) is 18.3. The number of amides is 2. The average Bonchev–Trinajstić information content (AvgIpc) is 3.09. The van der Waals surface area contributed by atoms with Gasteiger partial charge in [-0.05, 0) is 41.0 Å². The number of carbonyl (C=O) groups is 3. The van der Waals surface area contributed by atoms with Crippen LogP contribution >= 0.6 is 0 Å². The van der Waals surface area contributed by atoms with Crippen LogP contribution in [0.15, 0.2) is 48.5 Å². The first-order valence-corrected chi connectivity index (χ1v) is 11.2. The molecule has 2 amide bonds. The van der Waals surface area contributed by atoms with E-state index in [0.29, 0.717) is 0 Å². The molecule has 174 valence electrons. The van der Waals surface area contributed by atoms with Gasteiger partial charge < -0.3 is 25.2 Å². The van der Waals surface area contributed by atoms with Crippen molar-refractivity contribution in [3.05, 3.63) is 59.7 Å². The zero-order valence-electron chi connectivity index (χ0n) is 18.3. The predicted molar refractivity (Wildman–Crippen MR) is 121 cm³/mol. The van der Waals surface area contributed by atoms with Gasteiger partial charge in [0.15, 0.2) is 0 Å². The van der Waals surface area contributed by atoms with Gasteiger partial charge in [0.2, 0.25) is 5.91 Å².